The van der Waals surface area contributed by atoms with Crippen molar-refractivity contribution in [1.29, 1.82) is 5.26 Å². The standard InChI is InChI=1S/C17H35N3O/c1-7-17(14-18,19-16(4)5)9-8-10-20(11-12-21-6)13-15(2)3/h15-16,19H,7-13H2,1-6H3. The number of ether oxygens (including phenoxy) is 1. The molecule has 0 aliphatic rings. The van der Waals surface area contributed by atoms with Crippen molar-refractivity contribution in [2.24, 2.45) is 5.92 Å². The van der Waals surface area contributed by atoms with E-state index in [4.69, 9.17) is 4.74 Å². The van der Waals surface area contributed by atoms with Crippen molar-refractivity contribution in [3.05, 3.63) is 0 Å². The summed E-state index contributed by atoms with van der Waals surface area (Å²) in [6.45, 7) is 14.6. The molecule has 0 amide bonds. The maximum absolute atomic E-state index is 9.53. The van der Waals surface area contributed by atoms with Crippen molar-refractivity contribution < 1.29 is 4.74 Å². The molecule has 0 heterocycles. The van der Waals surface area contributed by atoms with E-state index < -0.39 is 0 Å². The minimum absolute atomic E-state index is 0.338. The van der Waals surface area contributed by atoms with Crippen molar-refractivity contribution in [2.75, 3.05) is 33.4 Å². The lowest BCUT2D eigenvalue weighted by atomic mass is 9.91. The minimum atomic E-state index is -0.376. The van der Waals surface area contributed by atoms with Crippen LogP contribution in [-0.4, -0.2) is 49.8 Å². The normalized spacial score (nSPS) is 14.7. The van der Waals surface area contributed by atoms with Gasteiger partial charge in [-0.25, -0.2) is 0 Å². The third kappa shape index (κ3) is 9.08. The van der Waals surface area contributed by atoms with Gasteiger partial charge in [-0.05, 0) is 45.6 Å². The molecule has 4 heteroatoms. The van der Waals surface area contributed by atoms with Gasteiger partial charge in [0.25, 0.3) is 0 Å². The first kappa shape index (κ1) is 20.4. The number of nitriles is 1. The Labute approximate surface area is 131 Å². The van der Waals surface area contributed by atoms with Gasteiger partial charge in [-0.2, -0.15) is 5.26 Å². The van der Waals surface area contributed by atoms with Crippen LogP contribution in [-0.2, 0) is 4.74 Å². The van der Waals surface area contributed by atoms with Crippen LogP contribution in [0.25, 0.3) is 0 Å². The monoisotopic (exact) mass is 297 g/mol. The van der Waals surface area contributed by atoms with E-state index >= 15 is 0 Å². The van der Waals surface area contributed by atoms with E-state index in [1.165, 1.54) is 0 Å². The van der Waals surface area contributed by atoms with E-state index in [-0.39, 0.29) is 5.54 Å². The highest BCUT2D eigenvalue weighted by molar-refractivity contribution is 5.06. The van der Waals surface area contributed by atoms with Gasteiger partial charge in [0, 0.05) is 26.2 Å². The van der Waals surface area contributed by atoms with E-state index in [9.17, 15) is 5.26 Å². The average Bonchev–Trinajstić information content (AvgIpc) is 2.42. The van der Waals surface area contributed by atoms with Gasteiger partial charge >= 0.3 is 0 Å². The molecule has 21 heavy (non-hydrogen) atoms. The molecular weight excluding hydrogens is 262 g/mol. The van der Waals surface area contributed by atoms with E-state index in [0.29, 0.717) is 12.0 Å². The Balaban J connectivity index is 4.39. The van der Waals surface area contributed by atoms with Crippen LogP contribution < -0.4 is 5.32 Å². The van der Waals surface area contributed by atoms with E-state index in [1.54, 1.807) is 7.11 Å². The molecule has 0 aromatic carbocycles. The number of hydrogen-bond acceptors (Lipinski definition) is 4. The maximum Gasteiger partial charge on any atom is 0.106 e. The smallest absolute Gasteiger partial charge is 0.106 e. The number of rotatable bonds is 12. The van der Waals surface area contributed by atoms with Crippen LogP contribution in [0.4, 0.5) is 0 Å². The molecule has 0 aromatic heterocycles. The van der Waals surface area contributed by atoms with Gasteiger partial charge in [0.05, 0.1) is 12.7 Å². The fraction of sp³-hybridized carbons (Fsp3) is 0.941. The third-order valence-corrected chi connectivity index (χ3v) is 3.70. The molecular formula is C17H35N3O. The van der Waals surface area contributed by atoms with Crippen molar-refractivity contribution in [3.8, 4) is 6.07 Å². The topological polar surface area (TPSA) is 48.3 Å². The van der Waals surface area contributed by atoms with Gasteiger partial charge in [-0.3, -0.25) is 5.32 Å². The Kier molecular flexibility index (Phi) is 10.7. The number of nitrogens with zero attached hydrogens (tertiary/aromatic N) is 2. The van der Waals surface area contributed by atoms with Crippen LogP contribution in [0, 0.1) is 17.2 Å². The van der Waals surface area contributed by atoms with Crippen molar-refractivity contribution >= 4 is 0 Å². The molecule has 0 bridgehead atoms. The minimum Gasteiger partial charge on any atom is -0.383 e. The molecule has 124 valence electrons. The Morgan fingerprint density at radius 2 is 1.90 bits per heavy atom. The molecule has 1 N–H and O–H groups in total. The van der Waals surface area contributed by atoms with Gasteiger partial charge < -0.3 is 9.64 Å². The molecule has 1 unspecified atom stereocenters. The molecule has 4 nitrogen and oxygen atoms in total. The molecule has 0 aromatic rings. The fourth-order valence-corrected chi connectivity index (χ4v) is 2.71. The van der Waals surface area contributed by atoms with E-state index in [2.05, 4.69) is 50.9 Å². The molecule has 0 saturated carbocycles. The summed E-state index contributed by atoms with van der Waals surface area (Å²) in [5, 5.41) is 13.0. The lowest BCUT2D eigenvalue weighted by molar-refractivity contribution is 0.137. The Morgan fingerprint density at radius 1 is 1.24 bits per heavy atom. The summed E-state index contributed by atoms with van der Waals surface area (Å²) in [4.78, 5) is 2.45. The van der Waals surface area contributed by atoms with Gasteiger partial charge in [0.15, 0.2) is 0 Å². The molecule has 0 fully saturated rings. The van der Waals surface area contributed by atoms with Crippen molar-refractivity contribution in [3.63, 3.8) is 0 Å². The summed E-state index contributed by atoms with van der Waals surface area (Å²) in [6.07, 6.45) is 2.79. The van der Waals surface area contributed by atoms with Crippen LogP contribution in [0.15, 0.2) is 0 Å². The number of methoxy groups -OCH3 is 1. The second-order valence-electron chi connectivity index (χ2n) is 6.64. The summed E-state index contributed by atoms with van der Waals surface area (Å²) in [7, 11) is 1.75. The summed E-state index contributed by atoms with van der Waals surface area (Å²) in [6, 6.07) is 2.84. The first-order chi connectivity index (χ1) is 9.89. The number of hydrogen-bond donors (Lipinski definition) is 1. The van der Waals surface area contributed by atoms with Crippen LogP contribution in [0.1, 0.15) is 53.9 Å². The lowest BCUT2D eigenvalue weighted by Gasteiger charge is -2.30. The average molecular weight is 297 g/mol. The summed E-state index contributed by atoms with van der Waals surface area (Å²) >= 11 is 0. The summed E-state index contributed by atoms with van der Waals surface area (Å²) in [5.74, 6) is 0.655. The predicted molar refractivity (Wildman–Crippen MR) is 89.3 cm³/mol. The molecule has 0 spiro atoms. The zero-order chi connectivity index (χ0) is 16.3. The highest BCUT2D eigenvalue weighted by Crippen LogP contribution is 2.18. The predicted octanol–water partition coefficient (Wildman–Crippen LogP) is 3.04. The number of nitrogens with one attached hydrogen (secondary N) is 1. The Hall–Kier alpha value is -0.630. The second-order valence-corrected chi connectivity index (χ2v) is 6.64. The Bertz CT molecular complexity index is 299. The highest BCUT2D eigenvalue weighted by Gasteiger charge is 2.28. The van der Waals surface area contributed by atoms with Gasteiger partial charge in [-0.1, -0.05) is 20.8 Å². The molecule has 1 atom stereocenters. The van der Waals surface area contributed by atoms with Crippen molar-refractivity contribution in [1.82, 2.24) is 10.2 Å². The quantitative estimate of drug-likeness (QED) is 0.601. The van der Waals surface area contributed by atoms with Crippen LogP contribution in [0.5, 0.6) is 0 Å². The SMILES string of the molecule is CCC(C#N)(CCCN(CCOC)CC(C)C)NC(C)C. The largest absolute Gasteiger partial charge is 0.383 e. The summed E-state index contributed by atoms with van der Waals surface area (Å²) in [5.41, 5.74) is -0.376. The first-order valence-electron chi connectivity index (χ1n) is 8.29. The van der Waals surface area contributed by atoms with Crippen LogP contribution >= 0.6 is 0 Å². The third-order valence-electron chi connectivity index (χ3n) is 3.70. The van der Waals surface area contributed by atoms with Crippen molar-refractivity contribution in [2.45, 2.75) is 65.5 Å². The van der Waals surface area contributed by atoms with Gasteiger partial charge in [0.2, 0.25) is 0 Å². The molecule has 0 rings (SSSR count). The van der Waals surface area contributed by atoms with Crippen LogP contribution in [0.3, 0.4) is 0 Å². The Morgan fingerprint density at radius 3 is 2.33 bits per heavy atom. The van der Waals surface area contributed by atoms with Gasteiger partial charge in [0.1, 0.15) is 5.54 Å². The van der Waals surface area contributed by atoms with Gasteiger partial charge in [-0.15, -0.1) is 0 Å². The highest BCUT2D eigenvalue weighted by atomic mass is 16.5. The molecule has 0 radical (unpaired) electrons. The second kappa shape index (κ2) is 11.0. The lowest BCUT2D eigenvalue weighted by Crippen LogP contribution is -2.47. The zero-order valence-electron chi connectivity index (χ0n) is 14.9. The summed E-state index contributed by atoms with van der Waals surface area (Å²) < 4.78 is 5.19. The van der Waals surface area contributed by atoms with E-state index in [1.807, 2.05) is 0 Å². The maximum atomic E-state index is 9.53. The molecule has 0 saturated heterocycles. The fourth-order valence-electron chi connectivity index (χ4n) is 2.71. The van der Waals surface area contributed by atoms with Crippen LogP contribution in [0.2, 0.25) is 0 Å². The zero-order valence-corrected chi connectivity index (χ0v) is 14.9. The molecule has 0 aliphatic heterocycles. The first-order valence-corrected chi connectivity index (χ1v) is 8.29. The van der Waals surface area contributed by atoms with E-state index in [0.717, 1.165) is 45.5 Å². The molecule has 0 aliphatic carbocycles.